The van der Waals surface area contributed by atoms with Gasteiger partial charge in [0.25, 0.3) is 0 Å². The van der Waals surface area contributed by atoms with E-state index in [1.807, 2.05) is 29.2 Å². The number of ether oxygens (including phenoxy) is 1. The quantitative estimate of drug-likeness (QED) is 0.850. The van der Waals surface area contributed by atoms with Gasteiger partial charge >= 0.3 is 5.97 Å². The van der Waals surface area contributed by atoms with Crippen LogP contribution >= 0.6 is 15.9 Å². The molecular weight excluding hydrogens is 374 g/mol. The molecule has 0 spiro atoms. The highest BCUT2D eigenvalue weighted by atomic mass is 79.9. The van der Waals surface area contributed by atoms with Crippen molar-refractivity contribution in [3.8, 4) is 0 Å². The first-order chi connectivity index (χ1) is 11.6. The van der Waals surface area contributed by atoms with E-state index in [2.05, 4.69) is 15.9 Å². The molecule has 2 atom stereocenters. The molecule has 6 heteroatoms. The van der Waals surface area contributed by atoms with Crippen LogP contribution in [0.2, 0.25) is 0 Å². The maximum absolute atomic E-state index is 12.5. The number of carbonyl (C=O) groups is 2. The molecule has 0 bridgehead atoms. The molecule has 130 valence electrons. The minimum Gasteiger partial charge on any atom is -0.481 e. The third kappa shape index (κ3) is 3.81. The fourth-order valence-electron chi connectivity index (χ4n) is 3.73. The Bertz CT molecular complexity index is 613. The molecular formula is C18H22BrNO4. The fraction of sp³-hybridized carbons (Fsp3) is 0.556. The topological polar surface area (TPSA) is 66.8 Å². The van der Waals surface area contributed by atoms with Gasteiger partial charge in [-0.1, -0.05) is 34.1 Å². The molecule has 0 aliphatic carbocycles. The predicted octanol–water partition coefficient (Wildman–Crippen LogP) is 2.72. The third-order valence-electron chi connectivity index (χ3n) is 5.11. The van der Waals surface area contributed by atoms with Crippen molar-refractivity contribution < 1.29 is 19.4 Å². The van der Waals surface area contributed by atoms with Crippen LogP contribution in [0.5, 0.6) is 0 Å². The molecule has 0 aromatic heterocycles. The molecule has 0 saturated carbocycles. The Balaban J connectivity index is 1.54. The van der Waals surface area contributed by atoms with Crippen LogP contribution in [0, 0.1) is 11.8 Å². The summed E-state index contributed by atoms with van der Waals surface area (Å²) in [6, 6.07) is 7.77. The van der Waals surface area contributed by atoms with Crippen LogP contribution in [0.4, 0.5) is 0 Å². The fourth-order valence-corrected chi connectivity index (χ4v) is 4.16. The van der Waals surface area contributed by atoms with E-state index in [1.54, 1.807) is 0 Å². The Labute approximate surface area is 150 Å². The van der Waals surface area contributed by atoms with E-state index in [-0.39, 0.29) is 17.9 Å². The number of rotatable bonds is 4. The molecule has 3 rings (SSSR count). The van der Waals surface area contributed by atoms with E-state index in [0.29, 0.717) is 32.5 Å². The van der Waals surface area contributed by atoms with Crippen LogP contribution in [0.1, 0.15) is 24.8 Å². The Hall–Kier alpha value is -1.40. The Morgan fingerprint density at radius 2 is 1.92 bits per heavy atom. The number of hydrogen-bond donors (Lipinski definition) is 1. The number of carboxylic acids is 1. The zero-order valence-corrected chi connectivity index (χ0v) is 15.1. The maximum atomic E-state index is 12.5. The van der Waals surface area contributed by atoms with Crippen molar-refractivity contribution >= 4 is 27.8 Å². The second-order valence-electron chi connectivity index (χ2n) is 6.56. The van der Waals surface area contributed by atoms with Crippen molar-refractivity contribution in [2.24, 2.45) is 11.8 Å². The lowest BCUT2D eigenvalue weighted by atomic mass is 9.84. The molecule has 24 heavy (non-hydrogen) atoms. The maximum Gasteiger partial charge on any atom is 0.309 e. The summed E-state index contributed by atoms with van der Waals surface area (Å²) in [6.45, 7) is 1.89. The number of benzene rings is 1. The van der Waals surface area contributed by atoms with Gasteiger partial charge in [-0.3, -0.25) is 9.59 Å². The molecule has 2 aliphatic rings. The van der Waals surface area contributed by atoms with Crippen molar-refractivity contribution in [2.45, 2.75) is 31.8 Å². The number of likely N-dealkylation sites (tertiary alicyclic amines) is 1. The zero-order valence-electron chi connectivity index (χ0n) is 13.5. The molecule has 2 aliphatic heterocycles. The van der Waals surface area contributed by atoms with Gasteiger partial charge in [-0.2, -0.15) is 0 Å². The van der Waals surface area contributed by atoms with Gasteiger partial charge in [0.2, 0.25) is 5.91 Å². The van der Waals surface area contributed by atoms with Gasteiger partial charge in [0.15, 0.2) is 0 Å². The summed E-state index contributed by atoms with van der Waals surface area (Å²) < 4.78 is 6.64. The standard InChI is InChI=1S/C18H22BrNO4/c19-15-4-2-1-3-13(15)11-16(21)20-8-5-12(6-9-20)17-14(18(22)23)7-10-24-17/h1-4,12,14,17H,5-11H2,(H,22,23)/t14?,17-/m0/s1. The minimum atomic E-state index is -0.759. The highest BCUT2D eigenvalue weighted by Crippen LogP contribution is 2.33. The third-order valence-corrected chi connectivity index (χ3v) is 5.88. The number of aliphatic carboxylic acids is 1. The highest BCUT2D eigenvalue weighted by Gasteiger charge is 2.40. The van der Waals surface area contributed by atoms with Crippen molar-refractivity contribution in [1.82, 2.24) is 4.90 Å². The number of carbonyl (C=O) groups excluding carboxylic acids is 1. The summed E-state index contributed by atoms with van der Waals surface area (Å²) in [4.78, 5) is 25.7. The molecule has 5 nitrogen and oxygen atoms in total. The van der Waals surface area contributed by atoms with Gasteiger partial charge in [0.05, 0.1) is 18.4 Å². The number of piperidine rings is 1. The van der Waals surface area contributed by atoms with Gasteiger partial charge in [-0.05, 0) is 36.8 Å². The van der Waals surface area contributed by atoms with Gasteiger partial charge in [-0.15, -0.1) is 0 Å². The first-order valence-electron chi connectivity index (χ1n) is 8.42. The van der Waals surface area contributed by atoms with E-state index < -0.39 is 11.9 Å². The summed E-state index contributed by atoms with van der Waals surface area (Å²) in [5.41, 5.74) is 0.995. The number of nitrogens with zero attached hydrogens (tertiary/aromatic N) is 1. The van der Waals surface area contributed by atoms with E-state index in [0.717, 1.165) is 22.9 Å². The van der Waals surface area contributed by atoms with E-state index in [1.165, 1.54) is 0 Å². The molecule has 2 heterocycles. The van der Waals surface area contributed by atoms with Gasteiger partial charge in [0, 0.05) is 24.2 Å². The Kier molecular flexibility index (Phi) is 5.56. The van der Waals surface area contributed by atoms with Crippen molar-refractivity contribution in [2.75, 3.05) is 19.7 Å². The average Bonchev–Trinajstić information content (AvgIpc) is 3.07. The SMILES string of the molecule is O=C(O)C1CCO[C@H]1C1CCN(C(=O)Cc2ccccc2Br)CC1. The van der Waals surface area contributed by atoms with Crippen molar-refractivity contribution in [3.05, 3.63) is 34.3 Å². The monoisotopic (exact) mass is 395 g/mol. The number of amides is 1. The molecule has 2 fully saturated rings. The first kappa shape index (κ1) is 17.4. The van der Waals surface area contributed by atoms with Crippen molar-refractivity contribution in [3.63, 3.8) is 0 Å². The summed E-state index contributed by atoms with van der Waals surface area (Å²) in [5, 5.41) is 9.30. The molecule has 1 unspecified atom stereocenters. The summed E-state index contributed by atoms with van der Waals surface area (Å²) in [5.74, 6) is -0.786. The average molecular weight is 396 g/mol. The minimum absolute atomic E-state index is 0.127. The summed E-state index contributed by atoms with van der Waals surface area (Å²) >= 11 is 3.48. The highest BCUT2D eigenvalue weighted by molar-refractivity contribution is 9.10. The van der Waals surface area contributed by atoms with Crippen LogP contribution in [-0.4, -0.2) is 47.7 Å². The van der Waals surface area contributed by atoms with Gasteiger partial charge in [0.1, 0.15) is 0 Å². The summed E-state index contributed by atoms with van der Waals surface area (Å²) in [7, 11) is 0. The van der Waals surface area contributed by atoms with E-state index in [4.69, 9.17) is 4.74 Å². The largest absolute Gasteiger partial charge is 0.481 e. The first-order valence-corrected chi connectivity index (χ1v) is 9.21. The lowest BCUT2D eigenvalue weighted by Crippen LogP contribution is -2.43. The second kappa shape index (κ2) is 7.66. The zero-order chi connectivity index (χ0) is 17.1. The van der Waals surface area contributed by atoms with Crippen LogP contribution in [0.25, 0.3) is 0 Å². The van der Waals surface area contributed by atoms with Crippen LogP contribution < -0.4 is 0 Å². The molecule has 2 saturated heterocycles. The van der Waals surface area contributed by atoms with Gasteiger partial charge < -0.3 is 14.7 Å². The molecule has 1 N–H and O–H groups in total. The van der Waals surface area contributed by atoms with E-state index in [9.17, 15) is 14.7 Å². The smallest absolute Gasteiger partial charge is 0.309 e. The normalized spacial score (nSPS) is 25.0. The lowest BCUT2D eigenvalue weighted by Gasteiger charge is -2.35. The number of hydrogen-bond acceptors (Lipinski definition) is 3. The lowest BCUT2D eigenvalue weighted by molar-refractivity contribution is -0.145. The van der Waals surface area contributed by atoms with E-state index >= 15 is 0 Å². The van der Waals surface area contributed by atoms with Crippen molar-refractivity contribution in [1.29, 1.82) is 0 Å². The molecule has 1 amide bonds. The van der Waals surface area contributed by atoms with Crippen LogP contribution in [0.15, 0.2) is 28.7 Å². The Morgan fingerprint density at radius 1 is 1.21 bits per heavy atom. The Morgan fingerprint density at radius 3 is 2.58 bits per heavy atom. The van der Waals surface area contributed by atoms with Crippen LogP contribution in [-0.2, 0) is 20.7 Å². The summed E-state index contributed by atoms with van der Waals surface area (Å²) in [6.07, 6.45) is 2.43. The number of carboxylic acid groups (broad SMARTS) is 1. The molecule has 0 radical (unpaired) electrons. The molecule has 1 aromatic rings. The predicted molar refractivity (Wildman–Crippen MR) is 92.6 cm³/mol. The number of halogens is 1. The second-order valence-corrected chi connectivity index (χ2v) is 7.41. The van der Waals surface area contributed by atoms with Crippen LogP contribution in [0.3, 0.4) is 0 Å². The van der Waals surface area contributed by atoms with Gasteiger partial charge in [-0.25, -0.2) is 0 Å². The molecule has 1 aromatic carbocycles.